The van der Waals surface area contributed by atoms with Crippen LogP contribution in [0.15, 0.2) is 18.6 Å². The van der Waals surface area contributed by atoms with Crippen molar-refractivity contribution >= 4 is 0 Å². The SMILES string of the molecule is CC(NCC1CCCN(C)C1)c1cnccn1. The first kappa shape index (κ1) is 12.5. The van der Waals surface area contributed by atoms with Gasteiger partial charge in [-0.3, -0.25) is 9.97 Å². The van der Waals surface area contributed by atoms with Gasteiger partial charge in [0, 0.05) is 31.2 Å². The number of nitrogens with zero attached hydrogens (tertiary/aromatic N) is 3. The minimum absolute atomic E-state index is 0.288. The van der Waals surface area contributed by atoms with E-state index in [-0.39, 0.29) is 6.04 Å². The van der Waals surface area contributed by atoms with Crippen LogP contribution >= 0.6 is 0 Å². The van der Waals surface area contributed by atoms with E-state index in [2.05, 4.69) is 34.2 Å². The smallest absolute Gasteiger partial charge is 0.0753 e. The molecule has 1 aromatic rings. The summed E-state index contributed by atoms with van der Waals surface area (Å²) in [5.74, 6) is 0.771. The molecule has 1 aliphatic heterocycles. The largest absolute Gasteiger partial charge is 0.308 e. The lowest BCUT2D eigenvalue weighted by molar-refractivity contribution is 0.203. The number of aromatic nitrogens is 2. The molecule has 1 fully saturated rings. The summed E-state index contributed by atoms with van der Waals surface area (Å²) in [6, 6.07) is 0.288. The maximum absolute atomic E-state index is 4.32. The molecule has 2 heterocycles. The van der Waals surface area contributed by atoms with Crippen molar-refractivity contribution in [2.24, 2.45) is 5.92 Å². The molecule has 0 aromatic carbocycles. The van der Waals surface area contributed by atoms with Crippen molar-refractivity contribution in [1.82, 2.24) is 20.2 Å². The van der Waals surface area contributed by atoms with Crippen molar-refractivity contribution in [3.8, 4) is 0 Å². The summed E-state index contributed by atoms with van der Waals surface area (Å²) in [4.78, 5) is 10.8. The summed E-state index contributed by atoms with van der Waals surface area (Å²) in [7, 11) is 2.21. The van der Waals surface area contributed by atoms with Crippen molar-refractivity contribution < 1.29 is 0 Å². The van der Waals surface area contributed by atoms with Gasteiger partial charge in [-0.2, -0.15) is 0 Å². The first-order valence-electron chi connectivity index (χ1n) is 6.43. The van der Waals surface area contributed by atoms with E-state index in [1.54, 1.807) is 12.4 Å². The molecule has 0 bridgehead atoms. The zero-order chi connectivity index (χ0) is 12.1. The Kier molecular flexibility index (Phi) is 4.45. The summed E-state index contributed by atoms with van der Waals surface area (Å²) in [6.45, 7) is 5.68. The van der Waals surface area contributed by atoms with Crippen LogP contribution in [-0.2, 0) is 0 Å². The number of piperidine rings is 1. The van der Waals surface area contributed by atoms with E-state index in [1.807, 2.05) is 6.20 Å². The van der Waals surface area contributed by atoms with Crippen LogP contribution in [0.25, 0.3) is 0 Å². The van der Waals surface area contributed by atoms with Gasteiger partial charge in [0.15, 0.2) is 0 Å². The molecule has 94 valence electrons. The number of rotatable bonds is 4. The van der Waals surface area contributed by atoms with E-state index in [4.69, 9.17) is 0 Å². The maximum Gasteiger partial charge on any atom is 0.0753 e. The highest BCUT2D eigenvalue weighted by atomic mass is 15.1. The van der Waals surface area contributed by atoms with Crippen LogP contribution in [0.5, 0.6) is 0 Å². The fourth-order valence-electron chi connectivity index (χ4n) is 2.42. The minimum atomic E-state index is 0.288. The molecule has 1 saturated heterocycles. The van der Waals surface area contributed by atoms with Crippen molar-refractivity contribution in [3.05, 3.63) is 24.3 Å². The van der Waals surface area contributed by atoms with Gasteiger partial charge in [0.25, 0.3) is 0 Å². The zero-order valence-electron chi connectivity index (χ0n) is 10.8. The minimum Gasteiger partial charge on any atom is -0.308 e. The first-order chi connectivity index (χ1) is 8.25. The maximum atomic E-state index is 4.32. The molecule has 4 heteroatoms. The highest BCUT2D eigenvalue weighted by Gasteiger charge is 2.17. The van der Waals surface area contributed by atoms with Crippen LogP contribution in [0.3, 0.4) is 0 Å². The third-order valence-electron chi connectivity index (χ3n) is 3.46. The van der Waals surface area contributed by atoms with Gasteiger partial charge in [-0.1, -0.05) is 0 Å². The summed E-state index contributed by atoms with van der Waals surface area (Å²) in [6.07, 6.45) is 7.96. The molecule has 2 rings (SSSR count). The van der Waals surface area contributed by atoms with Gasteiger partial charge in [0.05, 0.1) is 5.69 Å². The Labute approximate surface area is 103 Å². The number of nitrogens with one attached hydrogen (secondary N) is 1. The van der Waals surface area contributed by atoms with Gasteiger partial charge in [0.1, 0.15) is 0 Å². The number of hydrogen-bond acceptors (Lipinski definition) is 4. The highest BCUT2D eigenvalue weighted by Crippen LogP contribution is 2.15. The van der Waals surface area contributed by atoms with Crippen LogP contribution in [0.1, 0.15) is 31.5 Å². The van der Waals surface area contributed by atoms with Gasteiger partial charge in [0.2, 0.25) is 0 Å². The molecule has 2 atom stereocenters. The molecule has 0 amide bonds. The molecule has 2 unspecified atom stereocenters. The zero-order valence-corrected chi connectivity index (χ0v) is 10.8. The molecular formula is C13H22N4. The second-order valence-corrected chi connectivity index (χ2v) is 5.03. The van der Waals surface area contributed by atoms with Gasteiger partial charge in [-0.05, 0) is 45.8 Å². The summed E-state index contributed by atoms with van der Waals surface area (Å²) in [5, 5.41) is 3.56. The van der Waals surface area contributed by atoms with E-state index < -0.39 is 0 Å². The molecule has 0 spiro atoms. The standard InChI is InChI=1S/C13H22N4/c1-11(13-9-14-5-6-15-13)16-8-12-4-3-7-17(2)10-12/h5-6,9,11-12,16H,3-4,7-8,10H2,1-2H3. The fraction of sp³-hybridized carbons (Fsp3) is 0.692. The lowest BCUT2D eigenvalue weighted by Crippen LogP contribution is -2.38. The lowest BCUT2D eigenvalue weighted by Gasteiger charge is -2.30. The van der Waals surface area contributed by atoms with Gasteiger partial charge < -0.3 is 10.2 Å². The van der Waals surface area contributed by atoms with E-state index in [0.717, 1.165) is 18.2 Å². The normalized spacial score (nSPS) is 23.5. The highest BCUT2D eigenvalue weighted by molar-refractivity contribution is 5.00. The molecule has 1 aliphatic rings. The van der Waals surface area contributed by atoms with Crippen LogP contribution in [0.2, 0.25) is 0 Å². The second kappa shape index (κ2) is 6.07. The van der Waals surface area contributed by atoms with E-state index >= 15 is 0 Å². The summed E-state index contributed by atoms with van der Waals surface area (Å²) in [5.41, 5.74) is 1.02. The van der Waals surface area contributed by atoms with Crippen molar-refractivity contribution in [1.29, 1.82) is 0 Å². The van der Waals surface area contributed by atoms with Crippen LogP contribution in [-0.4, -0.2) is 41.5 Å². The second-order valence-electron chi connectivity index (χ2n) is 5.03. The Balaban J connectivity index is 1.78. The van der Waals surface area contributed by atoms with Gasteiger partial charge in [-0.25, -0.2) is 0 Å². The molecule has 17 heavy (non-hydrogen) atoms. The topological polar surface area (TPSA) is 41.0 Å². The Hall–Kier alpha value is -1.00. The van der Waals surface area contributed by atoms with Gasteiger partial charge in [-0.15, -0.1) is 0 Å². The lowest BCUT2D eigenvalue weighted by atomic mass is 9.98. The Morgan fingerprint density at radius 1 is 1.53 bits per heavy atom. The summed E-state index contributed by atoms with van der Waals surface area (Å²) >= 11 is 0. The Bertz CT molecular complexity index is 327. The molecule has 4 nitrogen and oxygen atoms in total. The third-order valence-corrected chi connectivity index (χ3v) is 3.46. The van der Waals surface area contributed by atoms with E-state index in [1.165, 1.54) is 25.9 Å². The van der Waals surface area contributed by atoms with Crippen LogP contribution < -0.4 is 5.32 Å². The fourth-order valence-corrected chi connectivity index (χ4v) is 2.42. The average molecular weight is 234 g/mol. The van der Waals surface area contributed by atoms with Crippen molar-refractivity contribution in [3.63, 3.8) is 0 Å². The Morgan fingerprint density at radius 2 is 2.41 bits per heavy atom. The Morgan fingerprint density at radius 3 is 3.12 bits per heavy atom. The monoisotopic (exact) mass is 234 g/mol. The average Bonchev–Trinajstić information content (AvgIpc) is 2.37. The van der Waals surface area contributed by atoms with Gasteiger partial charge >= 0.3 is 0 Å². The van der Waals surface area contributed by atoms with E-state index in [9.17, 15) is 0 Å². The number of hydrogen-bond donors (Lipinski definition) is 1. The molecular weight excluding hydrogens is 212 g/mol. The molecule has 0 aliphatic carbocycles. The van der Waals surface area contributed by atoms with E-state index in [0.29, 0.717) is 0 Å². The summed E-state index contributed by atoms with van der Waals surface area (Å²) < 4.78 is 0. The predicted molar refractivity (Wildman–Crippen MR) is 68.7 cm³/mol. The third kappa shape index (κ3) is 3.75. The van der Waals surface area contributed by atoms with Crippen LogP contribution in [0, 0.1) is 5.92 Å². The van der Waals surface area contributed by atoms with Crippen molar-refractivity contribution in [2.45, 2.75) is 25.8 Å². The van der Waals surface area contributed by atoms with Crippen LogP contribution in [0.4, 0.5) is 0 Å². The molecule has 0 saturated carbocycles. The molecule has 1 aromatic heterocycles. The predicted octanol–water partition coefficient (Wildman–Crippen LogP) is 1.47. The molecule has 0 radical (unpaired) electrons. The number of likely N-dealkylation sites (tertiary alicyclic amines) is 1. The van der Waals surface area contributed by atoms with Crippen molar-refractivity contribution in [2.75, 3.05) is 26.7 Å². The quantitative estimate of drug-likeness (QED) is 0.856. The molecule has 1 N–H and O–H groups in total. The first-order valence-corrected chi connectivity index (χ1v) is 6.43.